The van der Waals surface area contributed by atoms with Gasteiger partial charge in [-0.15, -0.1) is 10.2 Å². The minimum Gasteiger partial charge on any atom is -0.457 e. The van der Waals surface area contributed by atoms with Crippen LogP contribution in [0.2, 0.25) is 0 Å². The highest BCUT2D eigenvalue weighted by Crippen LogP contribution is 2.22. The van der Waals surface area contributed by atoms with Crippen LogP contribution in [-0.4, -0.2) is 20.7 Å². The number of halogens is 1. The zero-order valence-electron chi connectivity index (χ0n) is 13.8. The van der Waals surface area contributed by atoms with Gasteiger partial charge in [0, 0.05) is 18.7 Å². The van der Waals surface area contributed by atoms with Crippen molar-refractivity contribution >= 4 is 5.91 Å². The molecule has 0 spiro atoms. The van der Waals surface area contributed by atoms with Gasteiger partial charge in [-0.1, -0.05) is 6.07 Å². The summed E-state index contributed by atoms with van der Waals surface area (Å²) in [5, 5.41) is 10.6. The molecule has 1 atom stereocenters. The molecule has 2 aromatic carbocycles. The number of hydrogen-bond acceptors (Lipinski definition) is 4. The molecule has 7 heteroatoms. The van der Waals surface area contributed by atoms with E-state index in [4.69, 9.17) is 4.74 Å². The van der Waals surface area contributed by atoms with Gasteiger partial charge in [0.15, 0.2) is 5.82 Å². The molecule has 0 aliphatic heterocycles. The fraction of sp³-hybridized carbons (Fsp3) is 0.167. The molecule has 0 saturated carbocycles. The van der Waals surface area contributed by atoms with Crippen LogP contribution in [0.25, 0.3) is 0 Å². The number of carbonyl (C=O) groups is 1. The van der Waals surface area contributed by atoms with Gasteiger partial charge in [0.2, 0.25) is 0 Å². The van der Waals surface area contributed by atoms with Crippen molar-refractivity contribution in [2.24, 2.45) is 7.05 Å². The second-order valence-electron chi connectivity index (χ2n) is 5.58. The van der Waals surface area contributed by atoms with Gasteiger partial charge in [0.05, 0.1) is 6.04 Å². The van der Waals surface area contributed by atoms with Gasteiger partial charge in [0.25, 0.3) is 5.91 Å². The lowest BCUT2D eigenvalue weighted by molar-refractivity contribution is 0.0937. The smallest absolute Gasteiger partial charge is 0.251 e. The SMILES string of the molecule is C[C@@H](NC(=O)c1ccc(Oc2cccc(F)c2)cc1)c1nncn1C. The molecular formula is C18H17FN4O2. The minimum absolute atomic E-state index is 0.229. The van der Waals surface area contributed by atoms with Crippen LogP contribution in [0.4, 0.5) is 4.39 Å². The van der Waals surface area contributed by atoms with Gasteiger partial charge < -0.3 is 14.6 Å². The van der Waals surface area contributed by atoms with E-state index in [1.54, 1.807) is 47.3 Å². The van der Waals surface area contributed by atoms with Crippen molar-refractivity contribution in [3.05, 3.63) is 72.1 Å². The molecule has 1 amide bonds. The highest BCUT2D eigenvalue weighted by Gasteiger charge is 2.15. The number of benzene rings is 2. The van der Waals surface area contributed by atoms with E-state index in [0.717, 1.165) is 0 Å². The second-order valence-corrected chi connectivity index (χ2v) is 5.58. The molecule has 25 heavy (non-hydrogen) atoms. The first-order valence-corrected chi connectivity index (χ1v) is 7.71. The average molecular weight is 340 g/mol. The number of amides is 1. The van der Waals surface area contributed by atoms with E-state index >= 15 is 0 Å². The predicted octanol–water partition coefficient (Wildman–Crippen LogP) is 3.24. The fourth-order valence-corrected chi connectivity index (χ4v) is 2.37. The van der Waals surface area contributed by atoms with E-state index in [9.17, 15) is 9.18 Å². The lowest BCUT2D eigenvalue weighted by Gasteiger charge is -2.13. The van der Waals surface area contributed by atoms with Gasteiger partial charge in [0.1, 0.15) is 23.6 Å². The molecule has 0 aliphatic rings. The van der Waals surface area contributed by atoms with Crippen LogP contribution in [0.15, 0.2) is 54.9 Å². The van der Waals surface area contributed by atoms with Gasteiger partial charge in [-0.25, -0.2) is 4.39 Å². The third-order valence-corrected chi connectivity index (χ3v) is 3.63. The molecule has 1 N–H and O–H groups in total. The number of ether oxygens (including phenoxy) is 1. The molecule has 0 bridgehead atoms. The summed E-state index contributed by atoms with van der Waals surface area (Å²) >= 11 is 0. The molecular weight excluding hydrogens is 323 g/mol. The van der Waals surface area contributed by atoms with Crippen molar-refractivity contribution in [2.45, 2.75) is 13.0 Å². The Morgan fingerprint density at radius 1 is 1.20 bits per heavy atom. The maximum Gasteiger partial charge on any atom is 0.251 e. The quantitative estimate of drug-likeness (QED) is 0.774. The molecule has 0 fully saturated rings. The number of carbonyl (C=O) groups excluding carboxylic acids is 1. The molecule has 1 heterocycles. The Hall–Kier alpha value is -3.22. The Morgan fingerprint density at radius 3 is 2.60 bits per heavy atom. The second kappa shape index (κ2) is 7.12. The summed E-state index contributed by atoms with van der Waals surface area (Å²) in [4.78, 5) is 12.3. The Bertz CT molecular complexity index is 877. The van der Waals surface area contributed by atoms with Gasteiger partial charge in [-0.2, -0.15) is 0 Å². The first kappa shape index (κ1) is 16.6. The lowest BCUT2D eigenvalue weighted by atomic mass is 10.2. The lowest BCUT2D eigenvalue weighted by Crippen LogP contribution is -2.28. The van der Waals surface area contributed by atoms with Crippen molar-refractivity contribution in [1.29, 1.82) is 0 Å². The number of nitrogens with one attached hydrogen (secondary N) is 1. The molecule has 0 unspecified atom stereocenters. The van der Waals surface area contributed by atoms with E-state index < -0.39 is 0 Å². The number of aromatic nitrogens is 3. The summed E-state index contributed by atoms with van der Waals surface area (Å²) < 4.78 is 20.5. The Balaban J connectivity index is 1.65. The normalized spacial score (nSPS) is 11.8. The topological polar surface area (TPSA) is 69.0 Å². The third kappa shape index (κ3) is 4.00. The van der Waals surface area contributed by atoms with E-state index in [-0.39, 0.29) is 17.8 Å². The van der Waals surface area contributed by atoms with E-state index in [1.165, 1.54) is 12.1 Å². The van der Waals surface area contributed by atoms with Gasteiger partial charge in [-0.3, -0.25) is 4.79 Å². The van der Waals surface area contributed by atoms with Crippen LogP contribution in [-0.2, 0) is 7.05 Å². The largest absolute Gasteiger partial charge is 0.457 e. The van der Waals surface area contributed by atoms with Crippen LogP contribution in [0.3, 0.4) is 0 Å². The maximum absolute atomic E-state index is 13.2. The monoisotopic (exact) mass is 340 g/mol. The van der Waals surface area contributed by atoms with Crippen LogP contribution in [0.1, 0.15) is 29.1 Å². The third-order valence-electron chi connectivity index (χ3n) is 3.63. The Kier molecular flexibility index (Phi) is 4.74. The van der Waals surface area contributed by atoms with Crippen molar-refractivity contribution in [2.75, 3.05) is 0 Å². The molecule has 0 radical (unpaired) electrons. The summed E-state index contributed by atoms with van der Waals surface area (Å²) in [6.07, 6.45) is 1.58. The standard InChI is InChI=1S/C18H17FN4O2/c1-12(17-22-20-11-23(17)2)21-18(24)13-6-8-15(9-7-13)25-16-5-3-4-14(19)10-16/h3-12H,1-2H3,(H,21,24)/t12-/m1/s1. The van der Waals surface area contributed by atoms with Crippen LogP contribution >= 0.6 is 0 Å². The molecule has 3 rings (SSSR count). The summed E-state index contributed by atoms with van der Waals surface area (Å²) in [5.74, 6) is 0.982. The zero-order valence-corrected chi connectivity index (χ0v) is 13.8. The summed E-state index contributed by atoms with van der Waals surface area (Å²) in [6.45, 7) is 1.84. The molecule has 1 aromatic heterocycles. The first-order valence-electron chi connectivity index (χ1n) is 7.71. The summed E-state index contributed by atoms with van der Waals surface area (Å²) in [6, 6.07) is 12.2. The summed E-state index contributed by atoms with van der Waals surface area (Å²) in [7, 11) is 1.82. The van der Waals surface area contributed by atoms with Crippen LogP contribution in [0, 0.1) is 5.82 Å². The average Bonchev–Trinajstić information content (AvgIpc) is 3.01. The predicted molar refractivity (Wildman–Crippen MR) is 89.8 cm³/mol. The van der Waals surface area contributed by atoms with Gasteiger partial charge >= 0.3 is 0 Å². The zero-order chi connectivity index (χ0) is 17.8. The minimum atomic E-state index is -0.369. The highest BCUT2D eigenvalue weighted by atomic mass is 19.1. The van der Waals surface area contributed by atoms with Crippen molar-refractivity contribution in [1.82, 2.24) is 20.1 Å². The molecule has 0 aliphatic carbocycles. The van der Waals surface area contributed by atoms with E-state index in [1.807, 2.05) is 14.0 Å². The number of aryl methyl sites for hydroxylation is 1. The fourth-order valence-electron chi connectivity index (χ4n) is 2.37. The van der Waals surface area contributed by atoms with E-state index in [2.05, 4.69) is 15.5 Å². The van der Waals surface area contributed by atoms with Crippen molar-refractivity contribution in [3.63, 3.8) is 0 Å². The molecule has 3 aromatic rings. The van der Waals surface area contributed by atoms with Crippen molar-refractivity contribution < 1.29 is 13.9 Å². The van der Waals surface area contributed by atoms with E-state index in [0.29, 0.717) is 22.9 Å². The summed E-state index contributed by atoms with van der Waals surface area (Å²) in [5.41, 5.74) is 0.487. The first-order chi connectivity index (χ1) is 12.0. The highest BCUT2D eigenvalue weighted by molar-refractivity contribution is 5.94. The molecule has 0 saturated heterocycles. The van der Waals surface area contributed by atoms with Gasteiger partial charge in [-0.05, 0) is 43.3 Å². The maximum atomic E-state index is 13.2. The van der Waals surface area contributed by atoms with Crippen molar-refractivity contribution in [3.8, 4) is 11.5 Å². The number of rotatable bonds is 5. The van der Waals surface area contributed by atoms with Crippen LogP contribution in [0.5, 0.6) is 11.5 Å². The number of hydrogen-bond donors (Lipinski definition) is 1. The van der Waals surface area contributed by atoms with Crippen LogP contribution < -0.4 is 10.1 Å². The Morgan fingerprint density at radius 2 is 1.96 bits per heavy atom. The number of nitrogens with zero attached hydrogens (tertiary/aromatic N) is 3. The Labute approximate surface area is 144 Å². The molecule has 6 nitrogen and oxygen atoms in total. The molecule has 128 valence electrons.